The maximum Gasteiger partial charge on any atom is 0.177 e. The van der Waals surface area contributed by atoms with Crippen LogP contribution in [0.5, 0.6) is 0 Å². The van der Waals surface area contributed by atoms with Crippen LogP contribution in [0.15, 0.2) is 23.8 Å². The van der Waals surface area contributed by atoms with Crippen LogP contribution in [-0.4, -0.2) is 17.7 Å². The molecule has 0 radical (unpaired) electrons. The molecule has 1 rings (SSSR count). The molecule has 3 heteroatoms. The fourth-order valence-corrected chi connectivity index (χ4v) is 0.951. The molecule has 1 aliphatic rings. The van der Waals surface area contributed by atoms with Crippen molar-refractivity contribution in [2.75, 3.05) is 5.88 Å². The Balaban J connectivity index is 2.68. The Morgan fingerprint density at radius 3 is 2.90 bits per heavy atom. The summed E-state index contributed by atoms with van der Waals surface area (Å²) in [5.74, 6) is -0.0334. The second kappa shape index (κ2) is 2.99. The lowest BCUT2D eigenvalue weighted by Gasteiger charge is -1.91. The summed E-state index contributed by atoms with van der Waals surface area (Å²) in [5.41, 5.74) is 6.09. The zero-order chi connectivity index (χ0) is 7.56. The summed E-state index contributed by atoms with van der Waals surface area (Å²) in [6.45, 7) is 0. The number of ketones is 1. The van der Waals surface area contributed by atoms with Gasteiger partial charge in [-0.3, -0.25) is 4.79 Å². The predicted octanol–water partition coefficient (Wildman–Crippen LogP) is 0.618. The SMILES string of the molecule is NC1C=CC(C(=O)CCl)=C1. The molecule has 54 valence electrons. The molecule has 0 fully saturated rings. The molecule has 0 aliphatic heterocycles. The van der Waals surface area contributed by atoms with E-state index in [0.717, 1.165) is 0 Å². The lowest BCUT2D eigenvalue weighted by Crippen LogP contribution is -2.11. The molecule has 0 spiro atoms. The first kappa shape index (κ1) is 7.51. The van der Waals surface area contributed by atoms with Gasteiger partial charge in [0.05, 0.1) is 5.88 Å². The number of rotatable bonds is 2. The van der Waals surface area contributed by atoms with E-state index in [1.165, 1.54) is 0 Å². The Morgan fingerprint density at radius 2 is 2.50 bits per heavy atom. The Bertz CT molecular complexity index is 208. The maximum absolute atomic E-state index is 10.9. The van der Waals surface area contributed by atoms with Crippen LogP contribution in [0.2, 0.25) is 0 Å². The van der Waals surface area contributed by atoms with E-state index < -0.39 is 0 Å². The standard InChI is InChI=1S/C7H8ClNO/c8-4-7(10)5-1-2-6(9)3-5/h1-3,6H,4,9H2. The van der Waals surface area contributed by atoms with Crippen molar-refractivity contribution in [2.45, 2.75) is 6.04 Å². The summed E-state index contributed by atoms with van der Waals surface area (Å²) < 4.78 is 0. The maximum atomic E-state index is 10.9. The van der Waals surface area contributed by atoms with Gasteiger partial charge in [-0.05, 0) is 0 Å². The monoisotopic (exact) mass is 157 g/mol. The summed E-state index contributed by atoms with van der Waals surface area (Å²) in [4.78, 5) is 10.9. The molecule has 2 N–H and O–H groups in total. The number of hydrogen-bond acceptors (Lipinski definition) is 2. The number of alkyl halides is 1. The quantitative estimate of drug-likeness (QED) is 0.598. The molecule has 1 aliphatic carbocycles. The molecule has 0 aromatic carbocycles. The lowest BCUT2D eigenvalue weighted by molar-refractivity contribution is -0.113. The fraction of sp³-hybridized carbons (Fsp3) is 0.286. The highest BCUT2D eigenvalue weighted by Gasteiger charge is 2.10. The van der Waals surface area contributed by atoms with Crippen molar-refractivity contribution in [3.05, 3.63) is 23.8 Å². The van der Waals surface area contributed by atoms with Crippen molar-refractivity contribution >= 4 is 17.4 Å². The van der Waals surface area contributed by atoms with E-state index >= 15 is 0 Å². The van der Waals surface area contributed by atoms with E-state index in [2.05, 4.69) is 0 Å². The number of hydrogen-bond donors (Lipinski definition) is 1. The van der Waals surface area contributed by atoms with Gasteiger partial charge in [0.15, 0.2) is 5.78 Å². The number of carbonyl (C=O) groups is 1. The highest BCUT2D eigenvalue weighted by atomic mass is 35.5. The Kier molecular flexibility index (Phi) is 2.25. The Hall–Kier alpha value is -0.600. The minimum Gasteiger partial charge on any atom is -0.321 e. The van der Waals surface area contributed by atoms with E-state index in [0.29, 0.717) is 5.57 Å². The predicted molar refractivity (Wildman–Crippen MR) is 40.9 cm³/mol. The van der Waals surface area contributed by atoms with Crippen molar-refractivity contribution < 1.29 is 4.79 Å². The molecule has 2 nitrogen and oxygen atoms in total. The fourth-order valence-electron chi connectivity index (χ4n) is 0.796. The zero-order valence-corrected chi connectivity index (χ0v) is 6.14. The van der Waals surface area contributed by atoms with Crippen LogP contribution < -0.4 is 5.73 Å². The van der Waals surface area contributed by atoms with Gasteiger partial charge in [0.1, 0.15) is 0 Å². The molecule has 0 heterocycles. The number of halogens is 1. The van der Waals surface area contributed by atoms with Crippen molar-refractivity contribution in [2.24, 2.45) is 5.73 Å². The molecule has 0 amide bonds. The van der Waals surface area contributed by atoms with Crippen molar-refractivity contribution in [1.82, 2.24) is 0 Å². The van der Waals surface area contributed by atoms with Crippen molar-refractivity contribution in [1.29, 1.82) is 0 Å². The smallest absolute Gasteiger partial charge is 0.177 e. The highest BCUT2D eigenvalue weighted by Crippen LogP contribution is 2.09. The van der Waals surface area contributed by atoms with Gasteiger partial charge in [0.25, 0.3) is 0 Å². The average molecular weight is 158 g/mol. The molecule has 0 bridgehead atoms. The molecule has 0 aromatic heterocycles. The van der Waals surface area contributed by atoms with Crippen LogP contribution in [0, 0.1) is 0 Å². The van der Waals surface area contributed by atoms with Crippen LogP contribution in [0.25, 0.3) is 0 Å². The summed E-state index contributed by atoms with van der Waals surface area (Å²) in [7, 11) is 0. The highest BCUT2D eigenvalue weighted by molar-refractivity contribution is 6.30. The summed E-state index contributed by atoms with van der Waals surface area (Å²) in [5, 5.41) is 0. The number of nitrogens with two attached hydrogens (primary N) is 1. The first-order valence-corrected chi connectivity index (χ1v) is 3.52. The Morgan fingerprint density at radius 1 is 1.80 bits per heavy atom. The van der Waals surface area contributed by atoms with Crippen molar-refractivity contribution in [3.8, 4) is 0 Å². The van der Waals surface area contributed by atoms with Gasteiger partial charge in [-0.25, -0.2) is 0 Å². The van der Waals surface area contributed by atoms with E-state index in [-0.39, 0.29) is 17.7 Å². The number of carbonyl (C=O) groups excluding carboxylic acids is 1. The average Bonchev–Trinajstić information content (AvgIpc) is 2.34. The first-order valence-electron chi connectivity index (χ1n) is 2.99. The van der Waals surface area contributed by atoms with E-state index in [1.54, 1.807) is 18.2 Å². The zero-order valence-electron chi connectivity index (χ0n) is 5.38. The van der Waals surface area contributed by atoms with Crippen LogP contribution in [0.1, 0.15) is 0 Å². The third-order valence-electron chi connectivity index (χ3n) is 1.31. The van der Waals surface area contributed by atoms with Crippen LogP contribution in [0.4, 0.5) is 0 Å². The molecule has 0 saturated carbocycles. The van der Waals surface area contributed by atoms with Gasteiger partial charge in [-0.2, -0.15) is 0 Å². The lowest BCUT2D eigenvalue weighted by atomic mass is 10.2. The van der Waals surface area contributed by atoms with Crippen LogP contribution in [-0.2, 0) is 4.79 Å². The third kappa shape index (κ3) is 1.46. The van der Waals surface area contributed by atoms with Crippen LogP contribution >= 0.6 is 11.6 Å². The molecular formula is C7H8ClNO. The van der Waals surface area contributed by atoms with Gasteiger partial charge < -0.3 is 5.73 Å². The van der Waals surface area contributed by atoms with Gasteiger partial charge in [0, 0.05) is 11.6 Å². The Labute approximate surface area is 64.3 Å². The first-order chi connectivity index (χ1) is 4.74. The second-order valence-electron chi connectivity index (χ2n) is 2.12. The molecule has 1 unspecified atom stereocenters. The molecule has 1 atom stereocenters. The van der Waals surface area contributed by atoms with E-state index in [4.69, 9.17) is 17.3 Å². The molecule has 0 saturated heterocycles. The summed E-state index contributed by atoms with van der Waals surface area (Å²) >= 11 is 5.31. The minimum absolute atomic E-state index is 0.0306. The topological polar surface area (TPSA) is 43.1 Å². The summed E-state index contributed by atoms with van der Waals surface area (Å²) in [6.07, 6.45) is 5.17. The largest absolute Gasteiger partial charge is 0.321 e. The van der Waals surface area contributed by atoms with Gasteiger partial charge >= 0.3 is 0 Å². The van der Waals surface area contributed by atoms with Gasteiger partial charge in [-0.15, -0.1) is 11.6 Å². The molecule has 10 heavy (non-hydrogen) atoms. The van der Waals surface area contributed by atoms with E-state index in [1.807, 2.05) is 0 Å². The number of Topliss-reactive ketones (excluding diaryl/α,β-unsaturated/α-hetero) is 1. The second-order valence-corrected chi connectivity index (χ2v) is 2.38. The third-order valence-corrected chi connectivity index (χ3v) is 1.56. The molecular weight excluding hydrogens is 150 g/mol. The normalized spacial score (nSPS) is 23.0. The summed E-state index contributed by atoms with van der Waals surface area (Å²) in [6, 6.07) is -0.109. The minimum atomic E-state index is -0.109. The van der Waals surface area contributed by atoms with E-state index in [9.17, 15) is 4.79 Å². The van der Waals surface area contributed by atoms with Crippen molar-refractivity contribution in [3.63, 3.8) is 0 Å². The van der Waals surface area contributed by atoms with Gasteiger partial charge in [0.2, 0.25) is 0 Å². The van der Waals surface area contributed by atoms with Gasteiger partial charge in [-0.1, -0.05) is 18.2 Å². The molecule has 0 aromatic rings. The van der Waals surface area contributed by atoms with Crippen LogP contribution in [0.3, 0.4) is 0 Å². The number of allylic oxidation sites excluding steroid dienone is 2.